The quantitative estimate of drug-likeness (QED) is 0.217. The van der Waals surface area contributed by atoms with Crippen molar-refractivity contribution in [2.45, 2.75) is 54.1 Å². The first kappa shape index (κ1) is 28.2. The van der Waals surface area contributed by atoms with Gasteiger partial charge in [0.05, 0.1) is 27.8 Å². The Bertz CT molecular complexity index is 1920. The van der Waals surface area contributed by atoms with Crippen LogP contribution in [-0.2, 0) is 11.3 Å². The number of pyridine rings is 1. The van der Waals surface area contributed by atoms with Gasteiger partial charge in [-0.3, -0.25) is 18.8 Å². The van der Waals surface area contributed by atoms with Crippen LogP contribution in [0.5, 0.6) is 0 Å². The Morgan fingerprint density at radius 3 is 2.63 bits per heavy atom. The summed E-state index contributed by atoms with van der Waals surface area (Å²) in [5.74, 6) is -0.157. The number of hydrogen-bond acceptors (Lipinski definition) is 6. The average Bonchev–Trinajstić information content (AvgIpc) is 3.46. The third kappa shape index (κ3) is 5.26. The van der Waals surface area contributed by atoms with E-state index in [9.17, 15) is 9.59 Å². The first-order chi connectivity index (χ1) is 19.6. The molecule has 0 saturated carbocycles. The van der Waals surface area contributed by atoms with Crippen LogP contribution in [0, 0.1) is 13.8 Å². The number of allylic oxidation sites excluding steroid dienone is 4. The van der Waals surface area contributed by atoms with Gasteiger partial charge in [0.1, 0.15) is 0 Å². The molecule has 3 aromatic heterocycles. The van der Waals surface area contributed by atoms with Gasteiger partial charge in [0, 0.05) is 41.2 Å². The number of carbonyl (C=O) groups excluding carboxylic acids is 1. The first-order valence-corrected chi connectivity index (χ1v) is 14.4. The van der Waals surface area contributed by atoms with E-state index in [0.717, 1.165) is 55.1 Å². The van der Waals surface area contributed by atoms with Crippen LogP contribution in [-0.4, -0.2) is 25.2 Å². The number of thiazole rings is 1. The lowest BCUT2D eigenvalue weighted by atomic mass is 10.0. The molecule has 8 nitrogen and oxygen atoms in total. The molecular formula is C32H34N6O2S. The number of hydrogen-bond donors (Lipinski definition) is 2. The fraction of sp³-hybridized carbons (Fsp3) is 0.250. The molecule has 2 aromatic carbocycles. The molecule has 9 heteroatoms. The second kappa shape index (κ2) is 11.3. The summed E-state index contributed by atoms with van der Waals surface area (Å²) in [6, 6.07) is 13.7. The van der Waals surface area contributed by atoms with Gasteiger partial charge in [-0.2, -0.15) is 5.10 Å². The molecule has 1 unspecified atom stereocenters. The number of amides is 1. The van der Waals surface area contributed by atoms with E-state index >= 15 is 0 Å². The fourth-order valence-electron chi connectivity index (χ4n) is 5.36. The van der Waals surface area contributed by atoms with Gasteiger partial charge in [0.15, 0.2) is 5.13 Å². The van der Waals surface area contributed by atoms with E-state index in [0.29, 0.717) is 17.1 Å². The van der Waals surface area contributed by atoms with Crippen molar-refractivity contribution in [1.29, 1.82) is 0 Å². The van der Waals surface area contributed by atoms with Crippen molar-refractivity contribution in [1.82, 2.24) is 19.3 Å². The summed E-state index contributed by atoms with van der Waals surface area (Å²) in [4.78, 5) is 29.9. The molecule has 0 spiro atoms. The van der Waals surface area contributed by atoms with Gasteiger partial charge in [0.25, 0.3) is 5.56 Å². The topological polar surface area (TPSA) is 108 Å². The predicted molar refractivity (Wildman–Crippen MR) is 169 cm³/mol. The van der Waals surface area contributed by atoms with Crippen molar-refractivity contribution < 1.29 is 4.79 Å². The predicted octanol–water partition coefficient (Wildman–Crippen LogP) is 6.55. The van der Waals surface area contributed by atoms with E-state index in [-0.39, 0.29) is 17.5 Å². The maximum absolute atomic E-state index is 13.9. The number of carbonyl (C=O) groups is 1. The lowest BCUT2D eigenvalue weighted by Crippen LogP contribution is -2.25. The van der Waals surface area contributed by atoms with Crippen LogP contribution in [0.15, 0.2) is 65.5 Å². The van der Waals surface area contributed by atoms with Crippen molar-refractivity contribution in [2.24, 2.45) is 5.73 Å². The highest BCUT2D eigenvalue weighted by molar-refractivity contribution is 7.22. The zero-order valence-electron chi connectivity index (χ0n) is 24.1. The molecule has 0 fully saturated rings. The van der Waals surface area contributed by atoms with E-state index in [1.54, 1.807) is 4.57 Å². The number of rotatable bonds is 7. The maximum atomic E-state index is 13.9. The molecule has 0 radical (unpaired) electrons. The number of nitrogens with one attached hydrogen (secondary N) is 1. The Morgan fingerprint density at radius 2 is 1.95 bits per heavy atom. The SMILES string of the molecule is C/C=C\C(=C/C)n1c(Cn2nc(-c3ccc4nc(NC(C)=O)sc4c3)c(C(C)N)c2C)cc2cccc(C)c2c1=O. The minimum Gasteiger partial charge on any atom is -0.324 e. The van der Waals surface area contributed by atoms with Crippen molar-refractivity contribution in [3.63, 3.8) is 0 Å². The number of aryl methyl sites for hydroxylation is 1. The Labute approximate surface area is 242 Å². The van der Waals surface area contributed by atoms with Crippen LogP contribution < -0.4 is 16.6 Å². The van der Waals surface area contributed by atoms with Gasteiger partial charge in [-0.25, -0.2) is 4.98 Å². The number of benzene rings is 2. The molecule has 210 valence electrons. The first-order valence-electron chi connectivity index (χ1n) is 13.6. The van der Waals surface area contributed by atoms with Gasteiger partial charge in [-0.05, 0) is 69.8 Å². The highest BCUT2D eigenvalue weighted by atomic mass is 32.1. The molecule has 0 bridgehead atoms. The summed E-state index contributed by atoms with van der Waals surface area (Å²) in [7, 11) is 0. The Balaban J connectivity index is 1.67. The molecular weight excluding hydrogens is 532 g/mol. The van der Waals surface area contributed by atoms with E-state index < -0.39 is 0 Å². The summed E-state index contributed by atoms with van der Waals surface area (Å²) in [5.41, 5.74) is 13.4. The number of aromatic nitrogens is 4. The summed E-state index contributed by atoms with van der Waals surface area (Å²) in [5, 5.41) is 10.00. The van der Waals surface area contributed by atoms with Crippen LogP contribution in [0.25, 0.3) is 37.9 Å². The molecule has 0 aliphatic rings. The molecule has 0 aliphatic carbocycles. The van der Waals surface area contributed by atoms with Crippen molar-refractivity contribution >= 4 is 49.1 Å². The summed E-state index contributed by atoms with van der Waals surface area (Å²) in [6.45, 7) is 11.7. The highest BCUT2D eigenvalue weighted by Crippen LogP contribution is 2.34. The van der Waals surface area contributed by atoms with Crippen LogP contribution in [0.4, 0.5) is 5.13 Å². The van der Waals surface area contributed by atoms with Crippen LogP contribution >= 0.6 is 11.3 Å². The van der Waals surface area contributed by atoms with E-state index in [4.69, 9.17) is 10.8 Å². The van der Waals surface area contributed by atoms with E-state index in [2.05, 4.69) is 16.4 Å². The van der Waals surface area contributed by atoms with Gasteiger partial charge < -0.3 is 11.1 Å². The van der Waals surface area contributed by atoms with Crippen LogP contribution in [0.3, 0.4) is 0 Å². The average molecular weight is 567 g/mol. The Morgan fingerprint density at radius 1 is 1.17 bits per heavy atom. The third-order valence-electron chi connectivity index (χ3n) is 7.19. The molecule has 0 saturated heterocycles. The van der Waals surface area contributed by atoms with Gasteiger partial charge in [0.2, 0.25) is 5.91 Å². The molecule has 41 heavy (non-hydrogen) atoms. The summed E-state index contributed by atoms with van der Waals surface area (Å²) in [6.07, 6.45) is 5.83. The minimum absolute atomic E-state index is 0.0510. The molecule has 5 aromatic rings. The van der Waals surface area contributed by atoms with E-state index in [1.165, 1.54) is 18.3 Å². The maximum Gasteiger partial charge on any atom is 0.263 e. The second-order valence-electron chi connectivity index (χ2n) is 10.2. The smallest absolute Gasteiger partial charge is 0.263 e. The number of nitrogens with two attached hydrogens (primary N) is 1. The van der Waals surface area contributed by atoms with E-state index in [1.807, 2.05) is 93.9 Å². The fourth-order valence-corrected chi connectivity index (χ4v) is 6.31. The zero-order chi connectivity index (χ0) is 29.4. The number of anilines is 1. The van der Waals surface area contributed by atoms with Crippen molar-refractivity contribution in [3.8, 4) is 11.3 Å². The van der Waals surface area contributed by atoms with Crippen LogP contribution in [0.2, 0.25) is 0 Å². The third-order valence-corrected chi connectivity index (χ3v) is 8.12. The number of nitrogens with zero attached hydrogens (tertiary/aromatic N) is 4. The van der Waals surface area contributed by atoms with Gasteiger partial charge in [-0.1, -0.05) is 47.8 Å². The molecule has 5 rings (SSSR count). The number of fused-ring (bicyclic) bond motifs is 2. The minimum atomic E-state index is -0.263. The Kier molecular flexibility index (Phi) is 7.75. The second-order valence-corrected chi connectivity index (χ2v) is 11.2. The molecule has 1 atom stereocenters. The zero-order valence-corrected chi connectivity index (χ0v) is 25.0. The molecule has 3 N–H and O–H groups in total. The van der Waals surface area contributed by atoms with Gasteiger partial charge in [-0.15, -0.1) is 0 Å². The normalized spacial score (nSPS) is 13.0. The largest absolute Gasteiger partial charge is 0.324 e. The summed E-state index contributed by atoms with van der Waals surface area (Å²) >= 11 is 1.42. The highest BCUT2D eigenvalue weighted by Gasteiger charge is 2.22. The standard InChI is InChI=1S/C32H34N6O2S/c1-7-10-24(8-2)38-25(15-22-12-9-11-18(3)28(22)31(38)40)17-37-20(5)29(19(4)33)30(36-37)23-13-14-26-27(16-23)41-32(35-26)34-21(6)39/h7-16,19H,17,33H2,1-6H3,(H,34,35,39)/b10-7-,24-8+. The lowest BCUT2D eigenvalue weighted by molar-refractivity contribution is -0.114. The van der Waals surface area contributed by atoms with Gasteiger partial charge >= 0.3 is 0 Å². The van der Waals surface area contributed by atoms with Crippen molar-refractivity contribution in [2.75, 3.05) is 5.32 Å². The van der Waals surface area contributed by atoms with Crippen molar-refractivity contribution in [3.05, 3.63) is 93.6 Å². The summed E-state index contributed by atoms with van der Waals surface area (Å²) < 4.78 is 4.66. The lowest BCUT2D eigenvalue weighted by Gasteiger charge is -2.17. The monoisotopic (exact) mass is 566 g/mol. The molecule has 3 heterocycles. The molecule has 0 aliphatic heterocycles. The molecule has 1 amide bonds. The Hall–Kier alpha value is -4.34. The van der Waals surface area contributed by atoms with Crippen LogP contribution in [0.1, 0.15) is 56.3 Å².